The second-order valence-corrected chi connectivity index (χ2v) is 8.44. The summed E-state index contributed by atoms with van der Waals surface area (Å²) in [6.07, 6.45) is -4.19. The Morgan fingerprint density at radius 1 is 1.32 bits per heavy atom. The van der Waals surface area contributed by atoms with Crippen LogP contribution in [0.3, 0.4) is 0 Å². The number of halogens is 4. The van der Waals surface area contributed by atoms with Gasteiger partial charge in [0.05, 0.1) is 0 Å². The molecule has 10 heteroatoms. The minimum atomic E-state index is -5.06. The van der Waals surface area contributed by atoms with Crippen LogP contribution in [0.15, 0.2) is 0 Å². The molecule has 22 heavy (non-hydrogen) atoms. The summed E-state index contributed by atoms with van der Waals surface area (Å²) in [5, 5.41) is 0. The predicted molar refractivity (Wildman–Crippen MR) is 74.0 cm³/mol. The molecule has 5 nitrogen and oxygen atoms in total. The van der Waals surface area contributed by atoms with Gasteiger partial charge in [-0.15, -0.1) is 0 Å². The molecule has 5 unspecified atom stereocenters. The number of carbonyl (C=O) groups is 1. The van der Waals surface area contributed by atoms with Crippen molar-refractivity contribution in [3.05, 3.63) is 0 Å². The molecule has 0 aromatic carbocycles. The summed E-state index contributed by atoms with van der Waals surface area (Å²) in [6, 6.07) is 0. The maximum absolute atomic E-state index is 12.7. The molecular weight excluding hydrogens is 393 g/mol. The van der Waals surface area contributed by atoms with Gasteiger partial charge in [-0.25, -0.2) is 0 Å². The standard InChI is InChI=1S/C12H16BrF3O5S/c13-10(8-4-6-1-2-7(8)3-6)11(17)21-9(12(14,15)16)5-22(18,19)20/h6-10H,1-5H2,(H,18,19,20). The van der Waals surface area contributed by atoms with Crippen molar-refractivity contribution in [3.8, 4) is 0 Å². The van der Waals surface area contributed by atoms with E-state index in [1.54, 1.807) is 0 Å². The molecule has 2 fully saturated rings. The molecule has 0 amide bonds. The molecule has 0 aromatic rings. The average Bonchev–Trinajstić information content (AvgIpc) is 2.96. The lowest BCUT2D eigenvalue weighted by atomic mass is 9.86. The lowest BCUT2D eigenvalue weighted by molar-refractivity contribution is -0.215. The van der Waals surface area contributed by atoms with Crippen molar-refractivity contribution in [1.29, 1.82) is 0 Å². The largest absolute Gasteiger partial charge is 0.451 e. The fourth-order valence-corrected chi connectivity index (χ4v) is 4.81. The first kappa shape index (κ1) is 18.0. The zero-order valence-electron chi connectivity index (χ0n) is 11.4. The number of hydrogen-bond donors (Lipinski definition) is 1. The predicted octanol–water partition coefficient (Wildman–Crippen LogP) is 2.55. The second kappa shape index (κ2) is 6.27. The molecule has 128 valence electrons. The van der Waals surface area contributed by atoms with Gasteiger partial charge in [0.1, 0.15) is 10.6 Å². The Balaban J connectivity index is 2.01. The number of carbonyl (C=O) groups excluding carboxylic acids is 1. The molecule has 5 atom stereocenters. The van der Waals surface area contributed by atoms with Gasteiger partial charge in [-0.3, -0.25) is 9.35 Å². The lowest BCUT2D eigenvalue weighted by Gasteiger charge is -2.27. The maximum atomic E-state index is 12.7. The summed E-state index contributed by atoms with van der Waals surface area (Å²) in [7, 11) is -4.92. The van der Waals surface area contributed by atoms with Gasteiger partial charge in [0.25, 0.3) is 10.1 Å². The number of fused-ring (bicyclic) bond motifs is 2. The SMILES string of the molecule is O=C(OC(CS(=O)(=O)O)C(F)(F)F)C(Br)C1CC2CCC1C2. The highest BCUT2D eigenvalue weighted by atomic mass is 79.9. The fourth-order valence-electron chi connectivity index (χ4n) is 3.42. The molecule has 0 heterocycles. The summed E-state index contributed by atoms with van der Waals surface area (Å²) in [4.78, 5) is 11.0. The van der Waals surface area contributed by atoms with Gasteiger partial charge in [-0.1, -0.05) is 22.4 Å². The quantitative estimate of drug-likeness (QED) is 0.429. The molecule has 1 N–H and O–H groups in total. The van der Waals surface area contributed by atoms with Crippen LogP contribution in [0.4, 0.5) is 13.2 Å². The molecule has 2 bridgehead atoms. The highest BCUT2D eigenvalue weighted by Crippen LogP contribution is 2.51. The molecule has 2 aliphatic carbocycles. The first-order chi connectivity index (χ1) is 9.97. The van der Waals surface area contributed by atoms with Crippen LogP contribution in [0.1, 0.15) is 25.7 Å². The van der Waals surface area contributed by atoms with E-state index in [-0.39, 0.29) is 11.8 Å². The highest BCUT2D eigenvalue weighted by Gasteiger charge is 2.49. The topological polar surface area (TPSA) is 80.7 Å². The molecule has 0 aliphatic heterocycles. The summed E-state index contributed by atoms with van der Waals surface area (Å²) < 4.78 is 72.4. The number of alkyl halides is 4. The van der Waals surface area contributed by atoms with E-state index < -0.39 is 38.9 Å². The van der Waals surface area contributed by atoms with Gasteiger partial charge in [0.15, 0.2) is 0 Å². The summed E-state index contributed by atoms with van der Waals surface area (Å²) >= 11 is 3.09. The molecular formula is C12H16BrF3O5S. The first-order valence-corrected chi connectivity index (χ1v) is 9.36. The lowest BCUT2D eigenvalue weighted by Crippen LogP contribution is -2.42. The third kappa shape index (κ3) is 4.35. The van der Waals surface area contributed by atoms with Crippen LogP contribution < -0.4 is 0 Å². The van der Waals surface area contributed by atoms with Gasteiger partial charge in [-0.05, 0) is 37.0 Å². The monoisotopic (exact) mass is 408 g/mol. The van der Waals surface area contributed by atoms with Gasteiger partial charge >= 0.3 is 12.1 Å². The van der Waals surface area contributed by atoms with Crippen molar-refractivity contribution < 1.29 is 35.7 Å². The Kier molecular flexibility index (Phi) is 5.13. The van der Waals surface area contributed by atoms with Gasteiger partial charge in [0.2, 0.25) is 6.10 Å². The van der Waals surface area contributed by atoms with Crippen LogP contribution in [0, 0.1) is 17.8 Å². The van der Waals surface area contributed by atoms with E-state index in [1.807, 2.05) is 0 Å². The normalized spacial score (nSPS) is 31.0. The zero-order valence-corrected chi connectivity index (χ0v) is 13.8. The van der Waals surface area contributed by atoms with E-state index in [0.717, 1.165) is 25.7 Å². The smallest absolute Gasteiger partial charge is 0.426 e. The molecule has 0 radical (unpaired) electrons. The Morgan fingerprint density at radius 2 is 1.95 bits per heavy atom. The van der Waals surface area contributed by atoms with Crippen molar-refractivity contribution in [2.24, 2.45) is 17.8 Å². The third-order valence-electron chi connectivity index (χ3n) is 4.38. The summed E-state index contributed by atoms with van der Waals surface area (Å²) in [6.45, 7) is 0. The van der Waals surface area contributed by atoms with Crippen molar-refractivity contribution in [3.63, 3.8) is 0 Å². The van der Waals surface area contributed by atoms with Crippen molar-refractivity contribution in [2.45, 2.75) is 42.8 Å². The minimum absolute atomic E-state index is 0.0918. The maximum Gasteiger partial charge on any atom is 0.426 e. The van der Waals surface area contributed by atoms with Gasteiger partial charge in [-0.2, -0.15) is 21.6 Å². The van der Waals surface area contributed by atoms with E-state index in [1.165, 1.54) is 0 Å². The number of esters is 1. The van der Waals surface area contributed by atoms with E-state index >= 15 is 0 Å². The molecule has 2 saturated carbocycles. The van der Waals surface area contributed by atoms with Crippen LogP contribution >= 0.6 is 15.9 Å². The van der Waals surface area contributed by atoms with Gasteiger partial charge < -0.3 is 4.74 Å². The van der Waals surface area contributed by atoms with Crippen LogP contribution in [-0.2, 0) is 19.6 Å². The van der Waals surface area contributed by atoms with E-state index in [0.29, 0.717) is 5.92 Å². The van der Waals surface area contributed by atoms with Crippen molar-refractivity contribution >= 4 is 32.0 Å². The first-order valence-electron chi connectivity index (χ1n) is 6.84. The average molecular weight is 409 g/mol. The van der Waals surface area contributed by atoms with Crippen molar-refractivity contribution in [2.75, 3.05) is 5.75 Å². The Morgan fingerprint density at radius 3 is 2.36 bits per heavy atom. The number of hydrogen-bond acceptors (Lipinski definition) is 4. The minimum Gasteiger partial charge on any atom is -0.451 e. The molecule has 2 rings (SSSR count). The molecule has 0 spiro atoms. The zero-order chi connectivity index (χ0) is 16.7. The summed E-state index contributed by atoms with van der Waals surface area (Å²) in [5.41, 5.74) is 0. The number of ether oxygens (including phenoxy) is 1. The second-order valence-electron chi connectivity index (χ2n) is 5.96. The van der Waals surface area contributed by atoms with Crippen LogP contribution in [0.25, 0.3) is 0 Å². The summed E-state index contributed by atoms with van der Waals surface area (Å²) in [5.74, 6) is -2.14. The van der Waals surface area contributed by atoms with Crippen molar-refractivity contribution in [1.82, 2.24) is 0 Å². The fraction of sp³-hybridized carbons (Fsp3) is 0.917. The molecule has 0 saturated heterocycles. The third-order valence-corrected chi connectivity index (χ3v) is 6.16. The van der Waals surface area contributed by atoms with E-state index in [2.05, 4.69) is 20.7 Å². The van der Waals surface area contributed by atoms with E-state index in [4.69, 9.17) is 4.55 Å². The highest BCUT2D eigenvalue weighted by molar-refractivity contribution is 9.10. The molecule has 0 aromatic heterocycles. The molecule has 2 aliphatic rings. The Hall–Kier alpha value is -0.350. The van der Waals surface area contributed by atoms with Crippen LogP contribution in [0.2, 0.25) is 0 Å². The van der Waals surface area contributed by atoms with Gasteiger partial charge in [0, 0.05) is 0 Å². The van der Waals surface area contributed by atoms with Crippen LogP contribution in [0.5, 0.6) is 0 Å². The van der Waals surface area contributed by atoms with Crippen LogP contribution in [-0.4, -0.2) is 41.8 Å². The number of rotatable bonds is 5. The van der Waals surface area contributed by atoms with E-state index in [9.17, 15) is 26.4 Å². The Labute approximate surface area is 134 Å². The Bertz CT molecular complexity index is 535.